The summed E-state index contributed by atoms with van der Waals surface area (Å²) in [5, 5.41) is 2.05. The third-order valence-electron chi connectivity index (χ3n) is 2.48. The van der Waals surface area contributed by atoms with E-state index in [0.29, 0.717) is 32.1 Å². The maximum Gasteiger partial charge on any atom is 0.285 e. The molecule has 2 rings (SSSR count). The molecule has 1 aromatic heterocycles. The van der Waals surface area contributed by atoms with E-state index in [2.05, 4.69) is 15.8 Å². The Kier molecular flexibility index (Phi) is 4.32. The van der Waals surface area contributed by atoms with Crippen molar-refractivity contribution >= 4 is 23.3 Å². The second kappa shape index (κ2) is 5.96. The number of anilines is 1. The number of hydrogen-bond donors (Lipinski definition) is 3. The van der Waals surface area contributed by atoms with Gasteiger partial charge in [0.15, 0.2) is 5.69 Å². The van der Waals surface area contributed by atoms with Crippen LogP contribution in [0.25, 0.3) is 0 Å². The summed E-state index contributed by atoms with van der Waals surface area (Å²) in [5.74, 6) is 5.26. The van der Waals surface area contributed by atoms with Gasteiger partial charge < -0.3 is 10.2 Å². The van der Waals surface area contributed by atoms with Crippen LogP contribution in [0.3, 0.4) is 0 Å². The molecule has 0 bridgehead atoms. The predicted molar refractivity (Wildman–Crippen MR) is 66.9 cm³/mol. The highest BCUT2D eigenvalue weighted by molar-refractivity contribution is 6.33. The van der Waals surface area contributed by atoms with Gasteiger partial charge >= 0.3 is 0 Å². The van der Waals surface area contributed by atoms with Gasteiger partial charge in [0.05, 0.1) is 18.2 Å². The fourth-order valence-electron chi connectivity index (χ4n) is 1.55. The second-order valence-corrected chi connectivity index (χ2v) is 4.12. The zero-order valence-electron chi connectivity index (χ0n) is 9.65. The van der Waals surface area contributed by atoms with Crippen LogP contribution >= 0.6 is 11.6 Å². The fourth-order valence-corrected chi connectivity index (χ4v) is 1.74. The number of halogens is 1. The molecule has 8 heteroatoms. The lowest BCUT2D eigenvalue weighted by Crippen LogP contribution is -2.48. The van der Waals surface area contributed by atoms with Crippen molar-refractivity contribution in [3.63, 3.8) is 0 Å². The van der Waals surface area contributed by atoms with Gasteiger partial charge in [-0.15, -0.1) is 0 Å². The molecule has 0 saturated carbocycles. The first kappa shape index (κ1) is 13.0. The maximum atomic E-state index is 12.0. The molecule has 7 nitrogen and oxygen atoms in total. The first-order valence-electron chi connectivity index (χ1n) is 5.47. The van der Waals surface area contributed by atoms with E-state index >= 15 is 0 Å². The Morgan fingerprint density at radius 3 is 2.83 bits per heavy atom. The number of nitrogens with zero attached hydrogens (tertiary/aromatic N) is 2. The van der Waals surface area contributed by atoms with E-state index in [1.807, 2.05) is 0 Å². The molecule has 0 atom stereocenters. The normalized spacial score (nSPS) is 16.3. The summed E-state index contributed by atoms with van der Waals surface area (Å²) >= 11 is 5.93. The Balaban J connectivity index is 2.07. The maximum absolute atomic E-state index is 12.0. The van der Waals surface area contributed by atoms with Crippen molar-refractivity contribution in [1.29, 1.82) is 0 Å². The van der Waals surface area contributed by atoms with Crippen LogP contribution in [-0.4, -0.2) is 42.2 Å². The lowest BCUT2D eigenvalue weighted by Gasteiger charge is -2.26. The Bertz CT molecular complexity index is 436. The summed E-state index contributed by atoms with van der Waals surface area (Å²) in [6, 6.07) is 3.16. The third kappa shape index (κ3) is 3.08. The Hall–Kier alpha value is -1.41. The molecule has 98 valence electrons. The molecular weight excluding hydrogens is 258 g/mol. The van der Waals surface area contributed by atoms with Gasteiger partial charge in [-0.3, -0.25) is 10.2 Å². The van der Waals surface area contributed by atoms with Crippen LogP contribution in [-0.2, 0) is 4.74 Å². The number of amides is 1. The number of pyridine rings is 1. The van der Waals surface area contributed by atoms with E-state index in [1.54, 1.807) is 17.1 Å². The molecule has 1 aliphatic rings. The van der Waals surface area contributed by atoms with Gasteiger partial charge in [0.2, 0.25) is 0 Å². The van der Waals surface area contributed by atoms with Gasteiger partial charge in [-0.05, 0) is 12.1 Å². The van der Waals surface area contributed by atoms with Crippen molar-refractivity contribution < 1.29 is 9.53 Å². The average molecular weight is 272 g/mol. The van der Waals surface area contributed by atoms with Gasteiger partial charge in [0.25, 0.3) is 5.91 Å². The molecule has 0 radical (unpaired) electrons. The first-order chi connectivity index (χ1) is 8.70. The zero-order chi connectivity index (χ0) is 13.0. The minimum absolute atomic E-state index is 0.138. The Labute approximate surface area is 109 Å². The molecule has 1 aromatic rings. The lowest BCUT2D eigenvalue weighted by molar-refractivity contribution is 0.0125. The summed E-state index contributed by atoms with van der Waals surface area (Å²) in [4.78, 5) is 16.0. The molecule has 1 saturated heterocycles. The van der Waals surface area contributed by atoms with Crippen molar-refractivity contribution in [3.8, 4) is 0 Å². The average Bonchev–Trinajstić information content (AvgIpc) is 2.40. The molecule has 1 amide bonds. The van der Waals surface area contributed by atoms with E-state index < -0.39 is 0 Å². The topological polar surface area (TPSA) is 92.5 Å². The van der Waals surface area contributed by atoms with Gasteiger partial charge in [-0.25, -0.2) is 15.8 Å². The molecule has 1 fully saturated rings. The van der Waals surface area contributed by atoms with Crippen LogP contribution in [0.2, 0.25) is 5.02 Å². The van der Waals surface area contributed by atoms with Crippen molar-refractivity contribution in [2.45, 2.75) is 0 Å². The van der Waals surface area contributed by atoms with Crippen LogP contribution in [0.1, 0.15) is 10.5 Å². The summed E-state index contributed by atoms with van der Waals surface area (Å²) in [6.07, 6.45) is 0. The number of nitrogen functional groups attached to an aromatic ring is 1. The van der Waals surface area contributed by atoms with Crippen molar-refractivity contribution in [2.24, 2.45) is 5.84 Å². The largest absolute Gasteiger partial charge is 0.379 e. The van der Waals surface area contributed by atoms with Crippen molar-refractivity contribution in [3.05, 3.63) is 22.8 Å². The van der Waals surface area contributed by atoms with Crippen LogP contribution < -0.4 is 16.7 Å². The van der Waals surface area contributed by atoms with Gasteiger partial charge in [-0.1, -0.05) is 11.6 Å². The number of morpholine rings is 1. The highest BCUT2D eigenvalue weighted by Gasteiger charge is 2.17. The van der Waals surface area contributed by atoms with Gasteiger partial charge in [-0.2, -0.15) is 0 Å². The number of carbonyl (C=O) groups excluding carboxylic acids is 1. The van der Waals surface area contributed by atoms with E-state index in [4.69, 9.17) is 22.2 Å². The molecule has 0 aromatic carbocycles. The van der Waals surface area contributed by atoms with Crippen LogP contribution in [0.5, 0.6) is 0 Å². The standard InChI is InChI=1S/C10H14ClN5O2/c11-7-1-2-8(14-12)13-9(7)10(17)15-16-3-5-18-6-4-16/h1-2H,3-6,12H2,(H,13,14)(H,15,17). The highest BCUT2D eigenvalue weighted by atomic mass is 35.5. The van der Waals surface area contributed by atoms with E-state index in [9.17, 15) is 4.79 Å². The Morgan fingerprint density at radius 2 is 2.17 bits per heavy atom. The van der Waals surface area contributed by atoms with Gasteiger partial charge in [0.1, 0.15) is 5.82 Å². The van der Waals surface area contributed by atoms with Crippen molar-refractivity contribution in [1.82, 2.24) is 15.4 Å². The Morgan fingerprint density at radius 1 is 1.44 bits per heavy atom. The summed E-state index contributed by atoms with van der Waals surface area (Å²) in [7, 11) is 0. The van der Waals surface area contributed by atoms with Gasteiger partial charge in [0, 0.05) is 13.1 Å². The molecule has 0 aliphatic carbocycles. The molecule has 0 unspecified atom stereocenters. The SMILES string of the molecule is NNc1ccc(Cl)c(C(=O)NN2CCOCC2)n1. The molecule has 18 heavy (non-hydrogen) atoms. The summed E-state index contributed by atoms with van der Waals surface area (Å²) in [5.41, 5.74) is 5.23. The fraction of sp³-hybridized carbons (Fsp3) is 0.400. The molecular formula is C10H14ClN5O2. The number of ether oxygens (including phenoxy) is 1. The number of rotatable bonds is 3. The quantitative estimate of drug-likeness (QED) is 0.529. The number of carbonyl (C=O) groups is 1. The minimum Gasteiger partial charge on any atom is -0.379 e. The monoisotopic (exact) mass is 271 g/mol. The lowest BCUT2D eigenvalue weighted by atomic mass is 10.3. The van der Waals surface area contributed by atoms with E-state index in [-0.39, 0.29) is 16.6 Å². The zero-order valence-corrected chi connectivity index (χ0v) is 10.4. The van der Waals surface area contributed by atoms with Crippen LogP contribution in [0.4, 0.5) is 5.82 Å². The van der Waals surface area contributed by atoms with Crippen LogP contribution in [0.15, 0.2) is 12.1 Å². The van der Waals surface area contributed by atoms with Crippen molar-refractivity contribution in [2.75, 3.05) is 31.7 Å². The second-order valence-electron chi connectivity index (χ2n) is 3.71. The summed E-state index contributed by atoms with van der Waals surface area (Å²) < 4.78 is 5.19. The van der Waals surface area contributed by atoms with E-state index in [1.165, 1.54) is 0 Å². The first-order valence-corrected chi connectivity index (χ1v) is 5.85. The van der Waals surface area contributed by atoms with E-state index in [0.717, 1.165) is 0 Å². The van der Waals surface area contributed by atoms with Crippen LogP contribution in [0, 0.1) is 0 Å². The number of hydrogen-bond acceptors (Lipinski definition) is 6. The third-order valence-corrected chi connectivity index (χ3v) is 2.78. The number of nitrogens with two attached hydrogens (primary N) is 1. The number of hydrazine groups is 2. The smallest absolute Gasteiger partial charge is 0.285 e. The summed E-state index contributed by atoms with van der Waals surface area (Å²) in [6.45, 7) is 2.45. The molecule has 2 heterocycles. The number of aromatic nitrogens is 1. The predicted octanol–water partition coefficient (Wildman–Crippen LogP) is -0.00240. The molecule has 0 spiro atoms. The number of nitrogens with one attached hydrogen (secondary N) is 2. The molecule has 1 aliphatic heterocycles. The molecule has 4 N–H and O–H groups in total. The minimum atomic E-state index is -0.362. The highest BCUT2D eigenvalue weighted by Crippen LogP contribution is 2.16.